The first-order valence-electron chi connectivity index (χ1n) is 12.7. The first-order valence-corrected chi connectivity index (χ1v) is 13.5. The van der Waals surface area contributed by atoms with Crippen LogP contribution in [0.4, 0.5) is 17.1 Å². The van der Waals surface area contributed by atoms with E-state index in [1.807, 2.05) is 36.0 Å². The SMILES string of the molecule is Cc1ccc2c(c1)N1c3ccccc3C3(c4ccccc4C(=O)c4ccccc43)c3c(C)ccc(c31)S2. The number of para-hydroxylation sites is 1. The summed E-state index contributed by atoms with van der Waals surface area (Å²) in [6.45, 7) is 4.38. The van der Waals surface area contributed by atoms with Crippen LogP contribution < -0.4 is 4.90 Å². The highest BCUT2D eigenvalue weighted by atomic mass is 32.2. The fourth-order valence-corrected chi connectivity index (χ4v) is 7.87. The van der Waals surface area contributed by atoms with E-state index in [0.717, 1.165) is 22.3 Å². The molecule has 2 nitrogen and oxygen atoms in total. The molecule has 0 fully saturated rings. The van der Waals surface area contributed by atoms with Crippen LogP contribution in [0.2, 0.25) is 0 Å². The van der Waals surface area contributed by atoms with Gasteiger partial charge in [0.25, 0.3) is 0 Å². The fourth-order valence-electron chi connectivity index (χ4n) is 6.81. The van der Waals surface area contributed by atoms with E-state index < -0.39 is 5.41 Å². The second kappa shape index (κ2) is 7.24. The van der Waals surface area contributed by atoms with E-state index in [4.69, 9.17) is 0 Å². The first-order chi connectivity index (χ1) is 18.1. The molecule has 0 N–H and O–H groups in total. The molecule has 1 spiro atoms. The molecule has 0 atom stereocenters. The van der Waals surface area contributed by atoms with Gasteiger partial charge in [-0.1, -0.05) is 90.6 Å². The summed E-state index contributed by atoms with van der Waals surface area (Å²) in [6.07, 6.45) is 0. The number of rotatable bonds is 0. The maximum Gasteiger partial charge on any atom is 0.193 e. The van der Waals surface area contributed by atoms with Gasteiger partial charge in [-0.3, -0.25) is 4.79 Å². The third-order valence-electron chi connectivity index (χ3n) is 8.22. The third-order valence-corrected chi connectivity index (χ3v) is 9.34. The summed E-state index contributed by atoms with van der Waals surface area (Å²) in [5.74, 6) is 0.106. The highest BCUT2D eigenvalue weighted by Crippen LogP contribution is 2.65. The van der Waals surface area contributed by atoms with Gasteiger partial charge in [-0.2, -0.15) is 0 Å². The molecule has 176 valence electrons. The topological polar surface area (TPSA) is 20.3 Å². The largest absolute Gasteiger partial charge is 0.308 e. The Morgan fingerprint density at radius 3 is 2.00 bits per heavy atom. The number of benzene rings is 5. The first kappa shape index (κ1) is 21.0. The molecule has 2 heterocycles. The molecule has 1 aliphatic carbocycles. The van der Waals surface area contributed by atoms with Gasteiger partial charge < -0.3 is 4.90 Å². The minimum Gasteiger partial charge on any atom is -0.308 e. The number of hydrogen-bond donors (Lipinski definition) is 0. The van der Waals surface area contributed by atoms with Gasteiger partial charge in [0.2, 0.25) is 0 Å². The molecule has 37 heavy (non-hydrogen) atoms. The van der Waals surface area contributed by atoms with Crippen LogP contribution in [-0.2, 0) is 5.41 Å². The molecule has 0 saturated heterocycles. The van der Waals surface area contributed by atoms with E-state index in [1.165, 1.54) is 49.1 Å². The number of hydrogen-bond acceptors (Lipinski definition) is 3. The Kier molecular flexibility index (Phi) is 4.12. The Morgan fingerprint density at radius 2 is 1.27 bits per heavy atom. The number of nitrogens with zero attached hydrogens (tertiary/aromatic N) is 1. The van der Waals surface area contributed by atoms with Crippen LogP contribution >= 0.6 is 11.8 Å². The van der Waals surface area contributed by atoms with Gasteiger partial charge in [0.1, 0.15) is 0 Å². The highest BCUT2D eigenvalue weighted by Gasteiger charge is 2.53. The van der Waals surface area contributed by atoms with Crippen LogP contribution in [0.1, 0.15) is 49.3 Å². The van der Waals surface area contributed by atoms with Crippen LogP contribution in [0.25, 0.3) is 0 Å². The summed E-state index contributed by atoms with van der Waals surface area (Å²) in [6, 6.07) is 36.5. The summed E-state index contributed by atoms with van der Waals surface area (Å²) in [5, 5.41) is 0. The van der Waals surface area contributed by atoms with Crippen molar-refractivity contribution in [2.75, 3.05) is 4.90 Å². The number of aryl methyl sites for hydroxylation is 2. The lowest BCUT2D eigenvalue weighted by atomic mass is 9.56. The minimum atomic E-state index is -0.592. The molecule has 0 radical (unpaired) electrons. The quantitative estimate of drug-likeness (QED) is 0.211. The van der Waals surface area contributed by atoms with Gasteiger partial charge in [-0.25, -0.2) is 0 Å². The predicted molar refractivity (Wildman–Crippen MR) is 150 cm³/mol. The van der Waals surface area contributed by atoms with E-state index in [0.29, 0.717) is 0 Å². The Hall–Kier alpha value is -4.08. The normalized spacial score (nSPS) is 15.4. The second-order valence-electron chi connectivity index (χ2n) is 10.2. The van der Waals surface area contributed by atoms with Gasteiger partial charge in [-0.15, -0.1) is 0 Å². The number of carbonyl (C=O) groups excluding carboxylic acids is 1. The third kappa shape index (κ3) is 2.50. The molecule has 0 aromatic heterocycles. The van der Waals surface area contributed by atoms with Crippen LogP contribution in [0, 0.1) is 13.8 Å². The maximum atomic E-state index is 13.8. The Bertz CT molecular complexity index is 1770. The van der Waals surface area contributed by atoms with E-state index in [1.54, 1.807) is 0 Å². The van der Waals surface area contributed by atoms with Crippen molar-refractivity contribution in [2.24, 2.45) is 0 Å². The van der Waals surface area contributed by atoms with Crippen molar-refractivity contribution in [3.05, 3.63) is 148 Å². The summed E-state index contributed by atoms with van der Waals surface area (Å²) in [5.41, 5.74) is 11.7. The van der Waals surface area contributed by atoms with Crippen molar-refractivity contribution in [3.8, 4) is 0 Å². The number of fused-ring (bicyclic) bond motifs is 10. The lowest BCUT2D eigenvalue weighted by Crippen LogP contribution is -2.43. The van der Waals surface area contributed by atoms with E-state index in [2.05, 4.69) is 97.6 Å². The molecule has 0 unspecified atom stereocenters. The Balaban J connectivity index is 1.62. The number of ketones is 1. The predicted octanol–water partition coefficient (Wildman–Crippen LogP) is 8.48. The molecule has 3 heteroatoms. The van der Waals surface area contributed by atoms with E-state index in [-0.39, 0.29) is 5.78 Å². The molecule has 5 aromatic rings. The lowest BCUT2D eigenvalue weighted by molar-refractivity contribution is 0.103. The molecule has 5 aromatic carbocycles. The molecule has 3 aliphatic rings. The molecule has 0 saturated carbocycles. The van der Waals surface area contributed by atoms with Crippen molar-refractivity contribution >= 4 is 34.6 Å². The summed E-state index contributed by atoms with van der Waals surface area (Å²) in [7, 11) is 0. The average molecular weight is 494 g/mol. The summed E-state index contributed by atoms with van der Waals surface area (Å²) in [4.78, 5) is 18.8. The lowest BCUT2D eigenvalue weighted by Gasteiger charge is -2.51. The van der Waals surface area contributed by atoms with Gasteiger partial charge in [0.05, 0.1) is 22.5 Å². The maximum absolute atomic E-state index is 13.8. The molecule has 0 amide bonds. The van der Waals surface area contributed by atoms with E-state index >= 15 is 0 Å². The smallest absolute Gasteiger partial charge is 0.193 e. The van der Waals surface area contributed by atoms with Crippen molar-refractivity contribution in [2.45, 2.75) is 29.1 Å². The number of anilines is 3. The second-order valence-corrected chi connectivity index (χ2v) is 11.3. The minimum absolute atomic E-state index is 0.106. The molecular weight excluding hydrogens is 470 g/mol. The fraction of sp³-hybridized carbons (Fsp3) is 0.0882. The van der Waals surface area contributed by atoms with Crippen molar-refractivity contribution < 1.29 is 4.79 Å². The van der Waals surface area contributed by atoms with Gasteiger partial charge in [0, 0.05) is 20.9 Å². The molecular formula is C34H23NOS. The summed E-state index contributed by atoms with van der Waals surface area (Å²) >= 11 is 1.84. The monoisotopic (exact) mass is 493 g/mol. The van der Waals surface area contributed by atoms with Crippen LogP contribution in [0.5, 0.6) is 0 Å². The van der Waals surface area contributed by atoms with Crippen molar-refractivity contribution in [3.63, 3.8) is 0 Å². The Labute approximate surface area is 220 Å². The van der Waals surface area contributed by atoms with Gasteiger partial charge >= 0.3 is 0 Å². The standard InChI is InChI=1S/C34H23NOS/c1-20-15-17-29-28(19-20)35-27-14-8-7-13-26(27)34(31-21(2)16-18-30(37-29)32(31)35)24-11-5-3-9-22(24)33(36)23-10-4-6-12-25(23)34/h3-19H,1-2H3. The van der Waals surface area contributed by atoms with Crippen LogP contribution in [0.15, 0.2) is 113 Å². The molecule has 2 aliphatic heterocycles. The van der Waals surface area contributed by atoms with Crippen molar-refractivity contribution in [1.29, 1.82) is 0 Å². The molecule has 0 bridgehead atoms. The van der Waals surface area contributed by atoms with E-state index in [9.17, 15) is 4.79 Å². The van der Waals surface area contributed by atoms with Crippen molar-refractivity contribution in [1.82, 2.24) is 0 Å². The average Bonchev–Trinajstić information content (AvgIpc) is 2.94. The van der Waals surface area contributed by atoms with Crippen LogP contribution in [0.3, 0.4) is 0 Å². The highest BCUT2D eigenvalue weighted by molar-refractivity contribution is 7.99. The zero-order valence-electron chi connectivity index (χ0n) is 20.6. The van der Waals surface area contributed by atoms with Gasteiger partial charge in [-0.05, 0) is 71.5 Å². The van der Waals surface area contributed by atoms with Gasteiger partial charge in [0.15, 0.2) is 5.78 Å². The molecule has 8 rings (SSSR count). The Morgan fingerprint density at radius 1 is 0.649 bits per heavy atom. The zero-order chi connectivity index (χ0) is 24.9. The number of carbonyl (C=O) groups is 1. The van der Waals surface area contributed by atoms with Crippen LogP contribution in [-0.4, -0.2) is 5.78 Å². The summed E-state index contributed by atoms with van der Waals surface area (Å²) < 4.78 is 0. The zero-order valence-corrected chi connectivity index (χ0v) is 21.4.